The van der Waals surface area contributed by atoms with E-state index in [0.717, 1.165) is 24.3 Å². The average Bonchev–Trinajstić information content (AvgIpc) is 2.93. The Labute approximate surface area is 122 Å². The second-order valence-electron chi connectivity index (χ2n) is 4.26. The van der Waals surface area contributed by atoms with Gasteiger partial charge in [-0.25, -0.2) is 0 Å². The topological polar surface area (TPSA) is 86.9 Å². The van der Waals surface area contributed by atoms with Crippen LogP contribution in [0.4, 0.5) is 18.9 Å². The summed E-state index contributed by atoms with van der Waals surface area (Å²) in [4.78, 5) is 23.5. The van der Waals surface area contributed by atoms with E-state index in [9.17, 15) is 22.8 Å². The summed E-state index contributed by atoms with van der Waals surface area (Å²) in [5.41, 5.74) is -0.720. The molecule has 2 amide bonds. The van der Waals surface area contributed by atoms with Crippen molar-refractivity contribution in [2.75, 3.05) is 12.4 Å². The minimum atomic E-state index is -4.47. The Morgan fingerprint density at radius 3 is 2.32 bits per heavy atom. The van der Waals surface area contributed by atoms with Crippen molar-refractivity contribution < 1.29 is 22.8 Å². The number of alkyl halides is 3. The minimum Gasteiger partial charge on any atom is -0.354 e. The van der Waals surface area contributed by atoms with E-state index >= 15 is 0 Å². The second kappa shape index (κ2) is 5.88. The molecule has 3 N–H and O–H groups in total. The van der Waals surface area contributed by atoms with Crippen LogP contribution >= 0.6 is 0 Å². The van der Waals surface area contributed by atoms with Crippen molar-refractivity contribution in [1.29, 1.82) is 0 Å². The molecule has 1 heterocycles. The highest BCUT2D eigenvalue weighted by Crippen LogP contribution is 2.29. The average molecular weight is 312 g/mol. The predicted octanol–water partition coefficient (Wildman–Crippen LogP) is 2.04. The number of rotatable bonds is 3. The minimum absolute atomic E-state index is 0.0251. The van der Waals surface area contributed by atoms with Gasteiger partial charge in [-0.1, -0.05) is 0 Å². The van der Waals surface area contributed by atoms with Crippen LogP contribution in [0.25, 0.3) is 0 Å². The number of aromatic nitrogens is 2. The van der Waals surface area contributed by atoms with Gasteiger partial charge in [0.05, 0.1) is 11.3 Å². The van der Waals surface area contributed by atoms with Gasteiger partial charge in [-0.3, -0.25) is 14.7 Å². The number of hydrogen-bond acceptors (Lipinski definition) is 3. The molecule has 2 aromatic rings. The van der Waals surface area contributed by atoms with Crippen LogP contribution in [0.5, 0.6) is 0 Å². The fourth-order valence-corrected chi connectivity index (χ4v) is 1.68. The number of anilines is 1. The monoisotopic (exact) mass is 312 g/mol. The molecule has 0 unspecified atom stereocenters. The molecular formula is C13H11F3N4O2. The van der Waals surface area contributed by atoms with E-state index in [1.807, 2.05) is 0 Å². The maximum atomic E-state index is 12.4. The lowest BCUT2D eigenvalue weighted by molar-refractivity contribution is -0.137. The van der Waals surface area contributed by atoms with Crippen molar-refractivity contribution in [2.24, 2.45) is 0 Å². The van der Waals surface area contributed by atoms with Crippen LogP contribution in [0.3, 0.4) is 0 Å². The summed E-state index contributed by atoms with van der Waals surface area (Å²) in [5, 5.41) is 10.9. The quantitative estimate of drug-likeness (QED) is 0.810. The van der Waals surface area contributed by atoms with Gasteiger partial charge in [0.25, 0.3) is 11.8 Å². The third kappa shape index (κ3) is 3.25. The summed E-state index contributed by atoms with van der Waals surface area (Å²) in [7, 11) is 1.40. The summed E-state index contributed by atoms with van der Waals surface area (Å²) in [6.07, 6.45) is -3.17. The fraction of sp³-hybridized carbons (Fsp3) is 0.154. The number of benzene rings is 1. The summed E-state index contributed by atoms with van der Waals surface area (Å²) in [5.74, 6) is -1.16. The van der Waals surface area contributed by atoms with Gasteiger partial charge in [0, 0.05) is 18.8 Å². The van der Waals surface area contributed by atoms with Crippen LogP contribution in [-0.2, 0) is 6.18 Å². The lowest BCUT2D eigenvalue weighted by Gasteiger charge is -2.08. The second-order valence-corrected chi connectivity index (χ2v) is 4.26. The lowest BCUT2D eigenvalue weighted by atomic mass is 10.1. The van der Waals surface area contributed by atoms with Crippen LogP contribution in [0.2, 0.25) is 0 Å². The molecule has 9 heteroatoms. The molecule has 0 fully saturated rings. The maximum Gasteiger partial charge on any atom is 0.416 e. The van der Waals surface area contributed by atoms with Gasteiger partial charge in [-0.2, -0.15) is 18.3 Å². The zero-order chi connectivity index (χ0) is 16.3. The number of nitrogens with one attached hydrogen (secondary N) is 3. The van der Waals surface area contributed by atoms with Crippen molar-refractivity contribution in [3.63, 3.8) is 0 Å². The van der Waals surface area contributed by atoms with Crippen LogP contribution in [0.1, 0.15) is 26.4 Å². The Kier molecular flexibility index (Phi) is 4.15. The zero-order valence-electron chi connectivity index (χ0n) is 11.3. The number of carbonyl (C=O) groups excluding carboxylic acids is 2. The summed E-state index contributed by atoms with van der Waals surface area (Å²) in [6.45, 7) is 0. The molecule has 0 atom stereocenters. The van der Waals surface area contributed by atoms with Crippen LogP contribution in [-0.4, -0.2) is 29.1 Å². The molecule has 116 valence electrons. The fourth-order valence-electron chi connectivity index (χ4n) is 1.68. The van der Waals surface area contributed by atoms with E-state index in [4.69, 9.17) is 0 Å². The van der Waals surface area contributed by atoms with Crippen LogP contribution in [0.15, 0.2) is 30.5 Å². The SMILES string of the molecule is CNC(=O)c1n[nH]cc1NC(=O)c1ccc(C(F)(F)F)cc1. The smallest absolute Gasteiger partial charge is 0.354 e. The Morgan fingerprint density at radius 2 is 1.77 bits per heavy atom. The normalized spacial score (nSPS) is 11.1. The largest absolute Gasteiger partial charge is 0.416 e. The maximum absolute atomic E-state index is 12.4. The van der Waals surface area contributed by atoms with Crippen molar-refractivity contribution in [2.45, 2.75) is 6.18 Å². The summed E-state index contributed by atoms with van der Waals surface area (Å²) >= 11 is 0. The number of amides is 2. The molecule has 0 aliphatic carbocycles. The van der Waals surface area contributed by atoms with Gasteiger partial charge >= 0.3 is 6.18 Å². The van der Waals surface area contributed by atoms with Crippen LogP contribution in [0, 0.1) is 0 Å². The number of aromatic amines is 1. The molecule has 1 aromatic heterocycles. The van der Waals surface area contributed by atoms with E-state index in [2.05, 4.69) is 20.8 Å². The standard InChI is InChI=1S/C13H11F3N4O2/c1-17-12(22)10-9(6-18-20-10)19-11(21)7-2-4-8(5-3-7)13(14,15)16/h2-6H,1H3,(H,17,22)(H,18,20)(H,19,21). The Hall–Kier alpha value is -2.84. The molecule has 0 spiro atoms. The molecule has 0 saturated heterocycles. The number of nitrogens with zero attached hydrogens (tertiary/aromatic N) is 1. The molecule has 6 nitrogen and oxygen atoms in total. The predicted molar refractivity (Wildman–Crippen MR) is 71.4 cm³/mol. The number of carbonyl (C=O) groups is 2. The van der Waals surface area contributed by atoms with Gasteiger partial charge < -0.3 is 10.6 Å². The Morgan fingerprint density at radius 1 is 1.14 bits per heavy atom. The first-order chi connectivity index (χ1) is 10.3. The van der Waals surface area contributed by atoms with Gasteiger partial charge in [0.1, 0.15) is 0 Å². The van der Waals surface area contributed by atoms with Gasteiger partial charge in [0.2, 0.25) is 0 Å². The Bertz CT molecular complexity index is 692. The van der Waals surface area contributed by atoms with E-state index in [1.54, 1.807) is 0 Å². The highest BCUT2D eigenvalue weighted by molar-refractivity contribution is 6.08. The van der Waals surface area contributed by atoms with Gasteiger partial charge in [-0.15, -0.1) is 0 Å². The number of halogens is 3. The first kappa shape index (κ1) is 15.5. The first-order valence-electron chi connectivity index (χ1n) is 6.07. The molecule has 2 rings (SSSR count). The highest BCUT2D eigenvalue weighted by atomic mass is 19.4. The number of H-pyrrole nitrogens is 1. The van der Waals surface area contributed by atoms with Gasteiger partial charge in [-0.05, 0) is 24.3 Å². The molecule has 0 aliphatic heterocycles. The summed E-state index contributed by atoms with van der Waals surface area (Å²) in [6, 6.07) is 3.73. The lowest BCUT2D eigenvalue weighted by Crippen LogP contribution is -2.21. The van der Waals surface area contributed by atoms with E-state index in [1.165, 1.54) is 13.2 Å². The van der Waals surface area contributed by atoms with Crippen LogP contribution < -0.4 is 10.6 Å². The molecule has 0 bridgehead atoms. The van der Waals surface area contributed by atoms with Crippen molar-refractivity contribution >= 4 is 17.5 Å². The summed E-state index contributed by atoms with van der Waals surface area (Å²) < 4.78 is 37.3. The zero-order valence-corrected chi connectivity index (χ0v) is 11.3. The van der Waals surface area contributed by atoms with Gasteiger partial charge in [0.15, 0.2) is 5.69 Å². The first-order valence-corrected chi connectivity index (χ1v) is 6.07. The Balaban J connectivity index is 2.16. The molecule has 0 saturated carbocycles. The molecule has 0 radical (unpaired) electrons. The third-order valence-corrected chi connectivity index (χ3v) is 2.81. The molecule has 1 aromatic carbocycles. The van der Waals surface area contributed by atoms with E-state index in [-0.39, 0.29) is 16.9 Å². The third-order valence-electron chi connectivity index (χ3n) is 2.81. The highest BCUT2D eigenvalue weighted by Gasteiger charge is 2.30. The van der Waals surface area contributed by atoms with Crippen molar-refractivity contribution in [1.82, 2.24) is 15.5 Å². The molecule has 22 heavy (non-hydrogen) atoms. The van der Waals surface area contributed by atoms with Crippen molar-refractivity contribution in [3.8, 4) is 0 Å². The van der Waals surface area contributed by atoms with Crippen molar-refractivity contribution in [3.05, 3.63) is 47.3 Å². The molecule has 0 aliphatic rings. The number of hydrogen-bond donors (Lipinski definition) is 3. The van der Waals surface area contributed by atoms with E-state index < -0.39 is 23.6 Å². The molecular weight excluding hydrogens is 301 g/mol. The van der Waals surface area contributed by atoms with E-state index in [0.29, 0.717) is 0 Å².